The van der Waals surface area contributed by atoms with Crippen LogP contribution in [0.15, 0.2) is 12.4 Å². The molecule has 0 saturated heterocycles. The summed E-state index contributed by atoms with van der Waals surface area (Å²) in [7, 11) is 2.87. The number of imidazole rings is 1. The molecule has 1 unspecified atom stereocenters. The summed E-state index contributed by atoms with van der Waals surface area (Å²) < 4.78 is 68.4. The van der Waals surface area contributed by atoms with Crippen LogP contribution in [0.5, 0.6) is 0 Å². The highest BCUT2D eigenvalue weighted by Crippen LogP contribution is 2.30. The lowest BCUT2D eigenvalue weighted by Gasteiger charge is -2.18. The van der Waals surface area contributed by atoms with Gasteiger partial charge >= 0.3 is 0 Å². The minimum absolute atomic E-state index is 0.121. The van der Waals surface area contributed by atoms with Gasteiger partial charge in [0.1, 0.15) is 5.82 Å². The van der Waals surface area contributed by atoms with E-state index < -0.39 is 40.7 Å². The lowest BCUT2D eigenvalue weighted by molar-refractivity contribution is 0.362. The Morgan fingerprint density at radius 3 is 1.90 bits per heavy atom. The Bertz CT molecular complexity index is 624. The molecule has 2 rings (SSSR count). The fourth-order valence-electron chi connectivity index (χ4n) is 1.93. The van der Waals surface area contributed by atoms with Gasteiger partial charge in [-0.2, -0.15) is 0 Å². The second kappa shape index (κ2) is 5.20. The minimum atomic E-state index is -2.18. The highest BCUT2D eigenvalue weighted by molar-refractivity contribution is 5.31. The molecule has 8 heteroatoms. The zero-order valence-electron chi connectivity index (χ0n) is 10.5. The van der Waals surface area contributed by atoms with Crippen molar-refractivity contribution in [3.8, 4) is 0 Å². The van der Waals surface area contributed by atoms with E-state index in [2.05, 4.69) is 10.3 Å². The van der Waals surface area contributed by atoms with Crippen LogP contribution >= 0.6 is 0 Å². The Hall–Kier alpha value is -1.96. The molecule has 0 saturated carbocycles. The summed E-state index contributed by atoms with van der Waals surface area (Å²) in [6.07, 6.45) is 2.84. The summed E-state index contributed by atoms with van der Waals surface area (Å²) in [5.41, 5.74) is -0.960. The summed E-state index contributed by atoms with van der Waals surface area (Å²) in [5, 5.41) is 2.50. The normalized spacial score (nSPS) is 12.8. The van der Waals surface area contributed by atoms with Crippen molar-refractivity contribution in [2.75, 3.05) is 7.05 Å². The number of nitrogens with one attached hydrogen (secondary N) is 1. The highest BCUT2D eigenvalue weighted by atomic mass is 19.2. The number of nitrogens with zero attached hydrogens (tertiary/aromatic N) is 2. The molecular formula is C12H10F5N3. The first kappa shape index (κ1) is 14.4. The molecule has 0 bridgehead atoms. The van der Waals surface area contributed by atoms with Crippen LogP contribution in [0.2, 0.25) is 0 Å². The van der Waals surface area contributed by atoms with E-state index in [1.165, 1.54) is 24.0 Å². The lowest BCUT2D eigenvalue weighted by Crippen LogP contribution is -2.25. The predicted molar refractivity (Wildman–Crippen MR) is 60.3 cm³/mol. The quantitative estimate of drug-likeness (QED) is 0.535. The first-order valence-corrected chi connectivity index (χ1v) is 5.56. The van der Waals surface area contributed by atoms with Crippen LogP contribution in [0.1, 0.15) is 17.4 Å². The third-order valence-corrected chi connectivity index (χ3v) is 2.94. The molecule has 0 aliphatic rings. The number of rotatable bonds is 3. The molecule has 0 aliphatic carbocycles. The molecule has 1 aromatic heterocycles. The fraction of sp³-hybridized carbons (Fsp3) is 0.250. The summed E-state index contributed by atoms with van der Waals surface area (Å²) in [6.45, 7) is 0. The van der Waals surface area contributed by atoms with Gasteiger partial charge in [0.15, 0.2) is 23.3 Å². The SMILES string of the molecule is CNC(c1c(F)c(F)c(F)c(F)c1F)c1nccn1C. The number of benzene rings is 1. The minimum Gasteiger partial charge on any atom is -0.336 e. The third kappa shape index (κ3) is 2.05. The molecule has 0 amide bonds. The second-order valence-corrected chi connectivity index (χ2v) is 4.10. The van der Waals surface area contributed by atoms with Crippen molar-refractivity contribution in [3.05, 3.63) is 52.9 Å². The van der Waals surface area contributed by atoms with Crippen molar-refractivity contribution in [3.63, 3.8) is 0 Å². The molecular weight excluding hydrogens is 281 g/mol. The second-order valence-electron chi connectivity index (χ2n) is 4.10. The molecule has 20 heavy (non-hydrogen) atoms. The van der Waals surface area contributed by atoms with Crippen LogP contribution in [-0.4, -0.2) is 16.6 Å². The molecule has 0 aliphatic heterocycles. The predicted octanol–water partition coefficient (Wildman–Crippen LogP) is 2.42. The average Bonchev–Trinajstić information content (AvgIpc) is 2.85. The first-order chi connectivity index (χ1) is 9.40. The molecule has 0 radical (unpaired) electrons. The Labute approximate surface area is 111 Å². The molecule has 0 fully saturated rings. The van der Waals surface area contributed by atoms with Gasteiger partial charge in [0.25, 0.3) is 0 Å². The molecule has 108 valence electrons. The number of aryl methyl sites for hydroxylation is 1. The number of hydrogen-bond acceptors (Lipinski definition) is 2. The monoisotopic (exact) mass is 291 g/mol. The summed E-state index contributed by atoms with van der Waals surface area (Å²) in [6, 6.07) is -1.26. The molecule has 3 nitrogen and oxygen atoms in total. The van der Waals surface area contributed by atoms with Gasteiger partial charge in [-0.1, -0.05) is 0 Å². The standard InChI is InChI=1S/C12H10F5N3/c1-18-11(12-19-3-4-20(12)2)5-6(13)8(15)10(17)9(16)7(5)14/h3-4,11,18H,1-2H3. The van der Waals surface area contributed by atoms with E-state index in [4.69, 9.17) is 0 Å². The molecule has 1 N–H and O–H groups in total. The Morgan fingerprint density at radius 1 is 1.00 bits per heavy atom. The van der Waals surface area contributed by atoms with E-state index in [1.807, 2.05) is 0 Å². The maximum atomic E-state index is 13.8. The lowest BCUT2D eigenvalue weighted by atomic mass is 10.0. The number of hydrogen-bond donors (Lipinski definition) is 1. The van der Waals surface area contributed by atoms with Crippen LogP contribution in [0.3, 0.4) is 0 Å². The summed E-state index contributed by atoms with van der Waals surface area (Å²) >= 11 is 0. The van der Waals surface area contributed by atoms with Crippen molar-refractivity contribution in [1.82, 2.24) is 14.9 Å². The van der Waals surface area contributed by atoms with Crippen molar-refractivity contribution >= 4 is 0 Å². The summed E-state index contributed by atoms with van der Waals surface area (Å²) in [5.74, 6) is -9.76. The van der Waals surface area contributed by atoms with Crippen LogP contribution in [-0.2, 0) is 7.05 Å². The van der Waals surface area contributed by atoms with Gasteiger partial charge in [-0.05, 0) is 7.05 Å². The van der Waals surface area contributed by atoms with E-state index >= 15 is 0 Å². The maximum Gasteiger partial charge on any atom is 0.200 e. The van der Waals surface area contributed by atoms with Crippen LogP contribution in [0, 0.1) is 29.1 Å². The van der Waals surface area contributed by atoms with E-state index in [0.717, 1.165) is 0 Å². The maximum absolute atomic E-state index is 13.8. The van der Waals surface area contributed by atoms with E-state index in [1.54, 1.807) is 7.05 Å². The number of aromatic nitrogens is 2. The van der Waals surface area contributed by atoms with Gasteiger partial charge in [0.05, 0.1) is 11.6 Å². The summed E-state index contributed by atoms with van der Waals surface area (Å²) in [4.78, 5) is 3.86. The average molecular weight is 291 g/mol. The van der Waals surface area contributed by atoms with E-state index in [0.29, 0.717) is 0 Å². The van der Waals surface area contributed by atoms with Crippen molar-refractivity contribution < 1.29 is 22.0 Å². The molecule has 0 spiro atoms. The largest absolute Gasteiger partial charge is 0.336 e. The third-order valence-electron chi connectivity index (χ3n) is 2.94. The van der Waals surface area contributed by atoms with E-state index in [9.17, 15) is 22.0 Å². The van der Waals surface area contributed by atoms with Gasteiger partial charge in [-0.25, -0.2) is 26.9 Å². The first-order valence-electron chi connectivity index (χ1n) is 5.56. The molecule has 1 aromatic carbocycles. The zero-order valence-corrected chi connectivity index (χ0v) is 10.5. The van der Waals surface area contributed by atoms with Gasteiger partial charge in [-0.15, -0.1) is 0 Å². The molecule has 2 aromatic rings. The molecule has 1 heterocycles. The van der Waals surface area contributed by atoms with Crippen molar-refractivity contribution in [2.24, 2.45) is 7.05 Å². The van der Waals surface area contributed by atoms with Gasteiger partial charge in [0, 0.05) is 19.4 Å². The van der Waals surface area contributed by atoms with Gasteiger partial charge in [-0.3, -0.25) is 0 Å². The van der Waals surface area contributed by atoms with Crippen molar-refractivity contribution in [2.45, 2.75) is 6.04 Å². The zero-order chi connectivity index (χ0) is 15.0. The van der Waals surface area contributed by atoms with Crippen molar-refractivity contribution in [1.29, 1.82) is 0 Å². The topological polar surface area (TPSA) is 29.9 Å². The van der Waals surface area contributed by atoms with E-state index in [-0.39, 0.29) is 5.82 Å². The van der Waals surface area contributed by atoms with Crippen LogP contribution in [0.4, 0.5) is 22.0 Å². The number of halogens is 5. The Kier molecular flexibility index (Phi) is 3.76. The highest BCUT2D eigenvalue weighted by Gasteiger charge is 2.32. The fourth-order valence-corrected chi connectivity index (χ4v) is 1.93. The van der Waals surface area contributed by atoms with Crippen LogP contribution < -0.4 is 5.32 Å². The smallest absolute Gasteiger partial charge is 0.200 e. The van der Waals surface area contributed by atoms with Crippen LogP contribution in [0.25, 0.3) is 0 Å². The molecule has 1 atom stereocenters. The van der Waals surface area contributed by atoms with Gasteiger partial charge in [0.2, 0.25) is 5.82 Å². The Morgan fingerprint density at radius 2 is 1.50 bits per heavy atom. The van der Waals surface area contributed by atoms with Gasteiger partial charge < -0.3 is 9.88 Å². The Balaban J connectivity index is 2.71.